The van der Waals surface area contributed by atoms with E-state index in [0.717, 1.165) is 23.4 Å². The lowest BCUT2D eigenvalue weighted by molar-refractivity contribution is -0.0133. The van der Waals surface area contributed by atoms with Gasteiger partial charge in [0.15, 0.2) is 0 Å². The Kier molecular flexibility index (Phi) is 5.15. The van der Waals surface area contributed by atoms with E-state index >= 15 is 0 Å². The number of rotatable bonds is 4. The van der Waals surface area contributed by atoms with Gasteiger partial charge in [-0.2, -0.15) is 5.10 Å². The minimum absolute atomic E-state index is 0.0450. The third-order valence-electron chi connectivity index (χ3n) is 4.43. The van der Waals surface area contributed by atoms with Gasteiger partial charge in [-0.25, -0.2) is 4.79 Å². The summed E-state index contributed by atoms with van der Waals surface area (Å²) in [6.07, 6.45) is 0.870. The highest BCUT2D eigenvalue weighted by Gasteiger charge is 2.24. The molecule has 0 spiro atoms. The third-order valence-corrected chi connectivity index (χ3v) is 4.43. The van der Waals surface area contributed by atoms with Crippen molar-refractivity contribution in [1.29, 1.82) is 0 Å². The molecule has 1 saturated heterocycles. The van der Waals surface area contributed by atoms with E-state index in [1.807, 2.05) is 36.9 Å². The van der Waals surface area contributed by atoms with Crippen LogP contribution >= 0.6 is 0 Å². The minimum Gasteiger partial charge on any atom is -0.374 e. The maximum atomic E-state index is 12.4. The Bertz CT molecular complexity index is 664. The van der Waals surface area contributed by atoms with Crippen molar-refractivity contribution >= 4 is 6.03 Å². The number of ether oxygens (including phenoxy) is 1. The molecular weight excluding hydrogens is 304 g/mol. The fourth-order valence-electron chi connectivity index (χ4n) is 3.01. The molecular formula is C18H24N4O2. The first kappa shape index (κ1) is 16.5. The van der Waals surface area contributed by atoms with Gasteiger partial charge in [-0.1, -0.05) is 30.3 Å². The summed E-state index contributed by atoms with van der Waals surface area (Å²) in [6.45, 7) is 6.22. The Balaban J connectivity index is 1.53. The maximum absolute atomic E-state index is 12.4. The van der Waals surface area contributed by atoms with Crippen molar-refractivity contribution in [3.8, 4) is 0 Å². The van der Waals surface area contributed by atoms with Crippen LogP contribution in [0.25, 0.3) is 0 Å². The van der Waals surface area contributed by atoms with Crippen LogP contribution in [0.3, 0.4) is 0 Å². The van der Waals surface area contributed by atoms with Crippen LogP contribution in [0, 0.1) is 13.8 Å². The predicted octanol–water partition coefficient (Wildman–Crippen LogP) is 2.18. The zero-order chi connectivity index (χ0) is 16.9. The molecule has 6 nitrogen and oxygen atoms in total. The lowest BCUT2D eigenvalue weighted by Gasteiger charge is -2.33. The number of carbonyl (C=O) groups is 1. The molecule has 1 aliphatic rings. The highest BCUT2D eigenvalue weighted by molar-refractivity contribution is 5.74. The summed E-state index contributed by atoms with van der Waals surface area (Å²) in [5, 5.41) is 10.1. The second-order valence-electron chi connectivity index (χ2n) is 6.20. The van der Waals surface area contributed by atoms with E-state index in [0.29, 0.717) is 26.2 Å². The van der Waals surface area contributed by atoms with Gasteiger partial charge in [-0.15, -0.1) is 0 Å². The number of aromatic nitrogens is 2. The molecule has 0 radical (unpaired) electrons. The molecule has 2 amide bonds. The number of hydrogen-bond acceptors (Lipinski definition) is 3. The van der Waals surface area contributed by atoms with Crippen LogP contribution in [-0.4, -0.2) is 46.9 Å². The van der Waals surface area contributed by atoms with Crippen LogP contribution in [0.4, 0.5) is 4.79 Å². The second-order valence-corrected chi connectivity index (χ2v) is 6.20. The first-order chi connectivity index (χ1) is 11.6. The fraction of sp³-hybridized carbons (Fsp3) is 0.444. The number of nitrogens with zero attached hydrogens (tertiary/aromatic N) is 2. The summed E-state index contributed by atoms with van der Waals surface area (Å²) in [7, 11) is 0. The Hall–Kier alpha value is -2.34. The Morgan fingerprint density at radius 2 is 2.17 bits per heavy atom. The van der Waals surface area contributed by atoms with E-state index in [2.05, 4.69) is 27.6 Å². The molecule has 128 valence electrons. The summed E-state index contributed by atoms with van der Waals surface area (Å²) >= 11 is 0. The SMILES string of the molecule is Cc1n[nH]c(C)c1CNC(=O)N1CCO[C@@H](Cc2ccccc2)C1. The quantitative estimate of drug-likeness (QED) is 0.904. The average Bonchev–Trinajstić information content (AvgIpc) is 2.92. The minimum atomic E-state index is -0.0450. The molecule has 1 aliphatic heterocycles. The first-order valence-electron chi connectivity index (χ1n) is 8.32. The predicted molar refractivity (Wildman–Crippen MR) is 91.8 cm³/mol. The molecule has 0 aliphatic carbocycles. The van der Waals surface area contributed by atoms with Gasteiger partial charge in [0, 0.05) is 37.3 Å². The number of hydrogen-bond donors (Lipinski definition) is 2. The number of aryl methyl sites for hydroxylation is 2. The molecule has 1 atom stereocenters. The van der Waals surface area contributed by atoms with E-state index < -0.39 is 0 Å². The maximum Gasteiger partial charge on any atom is 0.317 e. The number of aromatic amines is 1. The van der Waals surface area contributed by atoms with Gasteiger partial charge < -0.3 is 15.0 Å². The summed E-state index contributed by atoms with van der Waals surface area (Å²) in [5.74, 6) is 0. The monoisotopic (exact) mass is 328 g/mol. The number of morpholine rings is 1. The van der Waals surface area contributed by atoms with Crippen LogP contribution in [0.15, 0.2) is 30.3 Å². The average molecular weight is 328 g/mol. The van der Waals surface area contributed by atoms with Gasteiger partial charge in [-0.3, -0.25) is 5.10 Å². The van der Waals surface area contributed by atoms with Crippen LogP contribution in [0.1, 0.15) is 22.5 Å². The topological polar surface area (TPSA) is 70.2 Å². The van der Waals surface area contributed by atoms with Crippen molar-refractivity contribution in [3.63, 3.8) is 0 Å². The number of nitrogens with one attached hydrogen (secondary N) is 2. The summed E-state index contributed by atoms with van der Waals surface area (Å²) in [5.41, 5.74) is 4.21. The Morgan fingerprint density at radius 1 is 1.38 bits per heavy atom. The Morgan fingerprint density at radius 3 is 2.88 bits per heavy atom. The molecule has 0 bridgehead atoms. The zero-order valence-corrected chi connectivity index (χ0v) is 14.2. The lowest BCUT2D eigenvalue weighted by Crippen LogP contribution is -2.50. The highest BCUT2D eigenvalue weighted by atomic mass is 16.5. The number of carbonyl (C=O) groups excluding carboxylic acids is 1. The molecule has 3 rings (SSSR count). The highest BCUT2D eigenvalue weighted by Crippen LogP contribution is 2.13. The van der Waals surface area contributed by atoms with Gasteiger partial charge in [0.05, 0.1) is 18.4 Å². The van der Waals surface area contributed by atoms with Crippen molar-refractivity contribution in [2.45, 2.75) is 32.9 Å². The molecule has 2 aromatic rings. The number of urea groups is 1. The van der Waals surface area contributed by atoms with Crippen molar-refractivity contribution < 1.29 is 9.53 Å². The van der Waals surface area contributed by atoms with Gasteiger partial charge >= 0.3 is 6.03 Å². The van der Waals surface area contributed by atoms with Gasteiger partial charge in [0.25, 0.3) is 0 Å². The molecule has 2 heterocycles. The standard InChI is InChI=1S/C18H24N4O2/c1-13-17(14(2)21-20-13)11-19-18(23)22-8-9-24-16(12-22)10-15-6-4-3-5-7-15/h3-7,16H,8-12H2,1-2H3,(H,19,23)(H,20,21)/t16-/m0/s1. The molecule has 2 N–H and O–H groups in total. The van der Waals surface area contributed by atoms with Crippen LogP contribution < -0.4 is 5.32 Å². The van der Waals surface area contributed by atoms with Crippen molar-refractivity contribution in [2.75, 3.05) is 19.7 Å². The summed E-state index contributed by atoms with van der Waals surface area (Å²) in [6, 6.07) is 10.2. The van der Waals surface area contributed by atoms with Gasteiger partial charge in [0.2, 0.25) is 0 Å². The normalized spacial score (nSPS) is 17.8. The van der Waals surface area contributed by atoms with E-state index in [4.69, 9.17) is 4.74 Å². The van der Waals surface area contributed by atoms with Gasteiger partial charge in [0.1, 0.15) is 0 Å². The molecule has 6 heteroatoms. The van der Waals surface area contributed by atoms with E-state index in [1.54, 1.807) is 0 Å². The number of benzene rings is 1. The summed E-state index contributed by atoms with van der Waals surface area (Å²) < 4.78 is 5.81. The summed E-state index contributed by atoms with van der Waals surface area (Å²) in [4.78, 5) is 14.3. The fourth-order valence-corrected chi connectivity index (χ4v) is 3.01. The third kappa shape index (κ3) is 3.94. The van der Waals surface area contributed by atoms with Crippen molar-refractivity contribution in [2.24, 2.45) is 0 Å². The first-order valence-corrected chi connectivity index (χ1v) is 8.32. The van der Waals surface area contributed by atoms with E-state index in [1.165, 1.54) is 5.56 Å². The van der Waals surface area contributed by atoms with Gasteiger partial charge in [-0.05, 0) is 19.4 Å². The Labute approximate surface area is 142 Å². The molecule has 0 saturated carbocycles. The number of H-pyrrole nitrogens is 1. The molecule has 24 heavy (non-hydrogen) atoms. The largest absolute Gasteiger partial charge is 0.374 e. The smallest absolute Gasteiger partial charge is 0.317 e. The van der Waals surface area contributed by atoms with Crippen LogP contribution in [-0.2, 0) is 17.7 Å². The lowest BCUT2D eigenvalue weighted by atomic mass is 10.1. The molecule has 0 unspecified atom stereocenters. The van der Waals surface area contributed by atoms with Crippen molar-refractivity contribution in [1.82, 2.24) is 20.4 Å². The molecule has 1 fully saturated rings. The molecule has 1 aromatic heterocycles. The molecule has 1 aromatic carbocycles. The van der Waals surface area contributed by atoms with Crippen LogP contribution in [0.5, 0.6) is 0 Å². The second kappa shape index (κ2) is 7.49. The zero-order valence-electron chi connectivity index (χ0n) is 14.2. The number of amides is 2. The van der Waals surface area contributed by atoms with Crippen molar-refractivity contribution in [3.05, 3.63) is 52.8 Å². The van der Waals surface area contributed by atoms with Crippen LogP contribution in [0.2, 0.25) is 0 Å². The van der Waals surface area contributed by atoms with E-state index in [9.17, 15) is 4.79 Å². The van der Waals surface area contributed by atoms with E-state index in [-0.39, 0.29) is 12.1 Å².